The van der Waals surface area contributed by atoms with E-state index < -0.39 is 6.03 Å². The summed E-state index contributed by atoms with van der Waals surface area (Å²) >= 11 is 1.88. The fourth-order valence-corrected chi connectivity index (χ4v) is 2.08. The molecule has 100 valence electrons. The van der Waals surface area contributed by atoms with Crippen molar-refractivity contribution in [3.05, 3.63) is 0 Å². The van der Waals surface area contributed by atoms with Crippen LogP contribution in [-0.4, -0.2) is 42.6 Å². The summed E-state index contributed by atoms with van der Waals surface area (Å²) in [6.07, 6.45) is 1.01. The molecule has 6 heteroatoms. The second-order valence-corrected chi connectivity index (χ2v) is 5.24. The fraction of sp³-hybridized carbons (Fsp3) is 0.818. The van der Waals surface area contributed by atoms with Crippen molar-refractivity contribution in [2.45, 2.75) is 39.3 Å². The van der Waals surface area contributed by atoms with E-state index >= 15 is 0 Å². The van der Waals surface area contributed by atoms with Crippen molar-refractivity contribution in [2.24, 2.45) is 0 Å². The molecule has 0 saturated heterocycles. The van der Waals surface area contributed by atoms with Crippen LogP contribution in [0.1, 0.15) is 27.2 Å². The number of carbonyl (C=O) groups excluding carboxylic acids is 2. The molecule has 0 aromatic carbocycles. The number of thioether (sulfide) groups is 1. The van der Waals surface area contributed by atoms with Crippen LogP contribution in [0.5, 0.6) is 0 Å². The Balaban J connectivity index is 3.86. The molecule has 2 atom stereocenters. The monoisotopic (exact) mass is 261 g/mol. The molecule has 0 heterocycles. The third-order valence-corrected chi connectivity index (χ3v) is 3.22. The highest BCUT2D eigenvalue weighted by Gasteiger charge is 2.16. The third kappa shape index (κ3) is 8.04. The molecule has 0 aliphatic carbocycles. The molecule has 0 saturated carbocycles. The van der Waals surface area contributed by atoms with Crippen molar-refractivity contribution in [2.75, 3.05) is 18.6 Å². The van der Waals surface area contributed by atoms with Gasteiger partial charge in [-0.1, -0.05) is 6.92 Å². The summed E-state index contributed by atoms with van der Waals surface area (Å²) < 4.78 is 0. The van der Waals surface area contributed by atoms with Crippen LogP contribution in [0.2, 0.25) is 0 Å². The first-order valence-electron chi connectivity index (χ1n) is 5.87. The van der Waals surface area contributed by atoms with Gasteiger partial charge in [-0.3, -0.25) is 10.1 Å². The van der Waals surface area contributed by atoms with E-state index in [-0.39, 0.29) is 18.0 Å². The van der Waals surface area contributed by atoms with Crippen LogP contribution in [0.3, 0.4) is 0 Å². The van der Waals surface area contributed by atoms with E-state index in [1.807, 2.05) is 18.7 Å². The predicted molar refractivity (Wildman–Crippen MR) is 72.3 cm³/mol. The molecule has 0 aliphatic rings. The lowest BCUT2D eigenvalue weighted by atomic mass is 10.2. The van der Waals surface area contributed by atoms with E-state index in [1.54, 1.807) is 6.92 Å². The zero-order valence-electron chi connectivity index (χ0n) is 11.0. The van der Waals surface area contributed by atoms with E-state index in [9.17, 15) is 9.59 Å². The standard InChI is InChI=1S/C11H23N3O2S/c1-5-17-7-6-8(2)13-9(3)10(15)14-11(16)12-4/h8-9,13H,5-7H2,1-4H3,(H2,12,14,15,16). The number of hydrogen-bond donors (Lipinski definition) is 3. The molecule has 0 aliphatic heterocycles. The highest BCUT2D eigenvalue weighted by atomic mass is 32.2. The third-order valence-electron chi connectivity index (χ3n) is 2.29. The van der Waals surface area contributed by atoms with Crippen LogP contribution in [0, 0.1) is 0 Å². The number of amides is 3. The van der Waals surface area contributed by atoms with Gasteiger partial charge in [-0.05, 0) is 31.8 Å². The molecule has 0 spiro atoms. The number of imide groups is 1. The summed E-state index contributed by atoms with van der Waals surface area (Å²) in [6.45, 7) is 5.92. The minimum atomic E-state index is -0.474. The summed E-state index contributed by atoms with van der Waals surface area (Å²) in [5, 5.41) is 7.75. The summed E-state index contributed by atoms with van der Waals surface area (Å²) in [5.74, 6) is 1.88. The average Bonchev–Trinajstić information content (AvgIpc) is 2.28. The Hall–Kier alpha value is -0.750. The normalized spacial score (nSPS) is 13.9. The number of nitrogens with one attached hydrogen (secondary N) is 3. The molecule has 0 fully saturated rings. The van der Waals surface area contributed by atoms with Crippen molar-refractivity contribution in [3.8, 4) is 0 Å². The Morgan fingerprint density at radius 3 is 2.47 bits per heavy atom. The Morgan fingerprint density at radius 2 is 1.94 bits per heavy atom. The molecule has 0 aromatic heterocycles. The van der Waals surface area contributed by atoms with Gasteiger partial charge < -0.3 is 10.6 Å². The first-order chi connectivity index (χ1) is 8.01. The Labute approximate surface area is 107 Å². The molecule has 0 bridgehead atoms. The van der Waals surface area contributed by atoms with Crippen molar-refractivity contribution in [1.29, 1.82) is 0 Å². The van der Waals surface area contributed by atoms with E-state index in [4.69, 9.17) is 0 Å². The quantitative estimate of drug-likeness (QED) is 0.597. The van der Waals surface area contributed by atoms with Crippen LogP contribution in [0.25, 0.3) is 0 Å². The Bertz CT molecular complexity index is 249. The number of urea groups is 1. The molecule has 5 nitrogen and oxygen atoms in total. The zero-order valence-corrected chi connectivity index (χ0v) is 11.8. The number of carbonyl (C=O) groups is 2. The van der Waals surface area contributed by atoms with Gasteiger partial charge in [0, 0.05) is 13.1 Å². The zero-order chi connectivity index (χ0) is 13.3. The molecular formula is C11H23N3O2S. The topological polar surface area (TPSA) is 70.2 Å². The second-order valence-electron chi connectivity index (χ2n) is 3.84. The molecular weight excluding hydrogens is 238 g/mol. The Kier molecular flexibility index (Phi) is 8.89. The predicted octanol–water partition coefficient (Wildman–Crippen LogP) is 0.952. The lowest BCUT2D eigenvalue weighted by Gasteiger charge is -2.18. The maximum Gasteiger partial charge on any atom is 0.321 e. The maximum absolute atomic E-state index is 11.5. The van der Waals surface area contributed by atoms with Crippen LogP contribution in [0.15, 0.2) is 0 Å². The molecule has 0 aromatic rings. The Morgan fingerprint density at radius 1 is 1.29 bits per heavy atom. The highest BCUT2D eigenvalue weighted by Crippen LogP contribution is 2.04. The SMILES string of the molecule is CCSCCC(C)NC(C)C(=O)NC(=O)NC. The fourth-order valence-electron chi connectivity index (χ4n) is 1.27. The van der Waals surface area contributed by atoms with Crippen molar-refractivity contribution in [3.63, 3.8) is 0 Å². The van der Waals surface area contributed by atoms with E-state index in [0.29, 0.717) is 0 Å². The lowest BCUT2D eigenvalue weighted by Crippen LogP contribution is -2.49. The highest BCUT2D eigenvalue weighted by molar-refractivity contribution is 7.99. The first-order valence-corrected chi connectivity index (χ1v) is 7.03. The van der Waals surface area contributed by atoms with Gasteiger partial charge in [0.1, 0.15) is 0 Å². The molecule has 3 amide bonds. The smallest absolute Gasteiger partial charge is 0.321 e. The number of rotatable bonds is 7. The summed E-state index contributed by atoms with van der Waals surface area (Å²) in [4.78, 5) is 22.5. The van der Waals surface area contributed by atoms with E-state index in [1.165, 1.54) is 7.05 Å². The minimum Gasteiger partial charge on any atom is -0.341 e. The van der Waals surface area contributed by atoms with Crippen molar-refractivity contribution >= 4 is 23.7 Å². The lowest BCUT2D eigenvalue weighted by molar-refractivity contribution is -0.121. The molecule has 0 radical (unpaired) electrons. The van der Waals surface area contributed by atoms with Crippen LogP contribution >= 0.6 is 11.8 Å². The summed E-state index contributed by atoms with van der Waals surface area (Å²) in [6, 6.07) is -0.578. The molecule has 0 rings (SSSR count). The van der Waals surface area contributed by atoms with Crippen molar-refractivity contribution in [1.82, 2.24) is 16.0 Å². The summed E-state index contributed by atoms with van der Waals surface area (Å²) in [7, 11) is 1.48. The minimum absolute atomic E-state index is 0.263. The maximum atomic E-state index is 11.5. The van der Waals surface area contributed by atoms with E-state index in [0.717, 1.165) is 17.9 Å². The first kappa shape index (κ1) is 16.2. The van der Waals surface area contributed by atoms with Crippen LogP contribution in [0.4, 0.5) is 4.79 Å². The van der Waals surface area contributed by atoms with Gasteiger partial charge in [-0.25, -0.2) is 4.79 Å². The largest absolute Gasteiger partial charge is 0.341 e. The summed E-state index contributed by atoms with van der Waals surface area (Å²) in [5.41, 5.74) is 0. The molecule has 17 heavy (non-hydrogen) atoms. The van der Waals surface area contributed by atoms with Gasteiger partial charge in [-0.2, -0.15) is 11.8 Å². The molecule has 2 unspecified atom stereocenters. The molecule has 3 N–H and O–H groups in total. The second kappa shape index (κ2) is 9.30. The van der Waals surface area contributed by atoms with Gasteiger partial charge in [0.2, 0.25) is 5.91 Å². The van der Waals surface area contributed by atoms with Gasteiger partial charge >= 0.3 is 6.03 Å². The van der Waals surface area contributed by atoms with Gasteiger partial charge in [-0.15, -0.1) is 0 Å². The van der Waals surface area contributed by atoms with E-state index in [2.05, 4.69) is 22.9 Å². The van der Waals surface area contributed by atoms with Gasteiger partial charge in [0.25, 0.3) is 0 Å². The van der Waals surface area contributed by atoms with Crippen LogP contribution < -0.4 is 16.0 Å². The average molecular weight is 261 g/mol. The van der Waals surface area contributed by atoms with Crippen LogP contribution in [-0.2, 0) is 4.79 Å². The van der Waals surface area contributed by atoms with Crippen molar-refractivity contribution < 1.29 is 9.59 Å². The number of hydrogen-bond acceptors (Lipinski definition) is 4. The van der Waals surface area contributed by atoms with Gasteiger partial charge in [0.05, 0.1) is 6.04 Å². The van der Waals surface area contributed by atoms with Gasteiger partial charge in [0.15, 0.2) is 0 Å².